The molecule has 0 fully saturated rings. The lowest BCUT2D eigenvalue weighted by molar-refractivity contribution is -0.125. The number of para-hydroxylation sites is 1. The third kappa shape index (κ3) is 3.38. The van der Waals surface area contributed by atoms with Crippen LogP contribution in [0.15, 0.2) is 58.5 Å². The number of amidine groups is 2. The molecule has 28 heavy (non-hydrogen) atoms. The van der Waals surface area contributed by atoms with Crippen molar-refractivity contribution in [1.82, 2.24) is 4.90 Å². The number of rotatable bonds is 4. The van der Waals surface area contributed by atoms with Gasteiger partial charge in [0.25, 0.3) is 5.91 Å². The zero-order chi connectivity index (χ0) is 19.8. The van der Waals surface area contributed by atoms with Crippen LogP contribution in [0, 0.1) is 5.92 Å². The second-order valence-electron chi connectivity index (χ2n) is 6.95. The Morgan fingerprint density at radius 2 is 1.89 bits per heavy atom. The second-order valence-corrected chi connectivity index (χ2v) is 8.32. The second kappa shape index (κ2) is 7.53. The average molecular weight is 412 g/mol. The maximum atomic E-state index is 13.0. The van der Waals surface area contributed by atoms with E-state index >= 15 is 0 Å². The molecule has 0 saturated heterocycles. The highest BCUT2D eigenvalue weighted by Gasteiger charge is 2.42. The van der Waals surface area contributed by atoms with Crippen molar-refractivity contribution < 1.29 is 9.59 Å². The Balaban J connectivity index is 1.62. The number of aliphatic imine (C=N–C) groups is 2. The Hall–Kier alpha value is -2.44. The summed E-state index contributed by atoms with van der Waals surface area (Å²) in [7, 11) is 0. The van der Waals surface area contributed by atoms with Gasteiger partial charge in [-0.25, -0.2) is 9.89 Å². The number of amides is 1. The molecular formula is C21H18ClN3O2S. The van der Waals surface area contributed by atoms with Crippen molar-refractivity contribution >= 4 is 51.7 Å². The van der Waals surface area contributed by atoms with Gasteiger partial charge in [0, 0.05) is 16.1 Å². The zero-order valence-electron chi connectivity index (χ0n) is 15.4. The van der Waals surface area contributed by atoms with Crippen LogP contribution >= 0.6 is 23.4 Å². The predicted octanol–water partition coefficient (Wildman–Crippen LogP) is 4.57. The molecule has 0 saturated carbocycles. The Morgan fingerprint density at radius 3 is 2.61 bits per heavy atom. The number of hydrogen-bond acceptors (Lipinski definition) is 5. The number of Topliss-reactive ketones (excluding diaryl/α,β-unsaturated/α-hetero) is 1. The molecule has 2 aromatic carbocycles. The number of fused-ring (bicyclic) bond motifs is 3. The van der Waals surface area contributed by atoms with Gasteiger partial charge < -0.3 is 0 Å². The van der Waals surface area contributed by atoms with Crippen LogP contribution in [0.25, 0.3) is 0 Å². The number of benzene rings is 2. The van der Waals surface area contributed by atoms with E-state index in [2.05, 4.69) is 9.98 Å². The molecule has 0 aliphatic carbocycles. The Bertz CT molecular complexity index is 1010. The monoisotopic (exact) mass is 411 g/mol. The first-order chi connectivity index (χ1) is 13.5. The highest BCUT2D eigenvalue weighted by atomic mass is 35.5. The number of hydrogen-bond donors (Lipinski definition) is 0. The van der Waals surface area contributed by atoms with Crippen molar-refractivity contribution in [3.05, 3.63) is 64.7 Å². The molecule has 2 aliphatic rings. The van der Waals surface area contributed by atoms with Crippen LogP contribution in [0.2, 0.25) is 5.02 Å². The summed E-state index contributed by atoms with van der Waals surface area (Å²) < 4.78 is 0. The zero-order valence-corrected chi connectivity index (χ0v) is 17.0. The van der Waals surface area contributed by atoms with E-state index in [9.17, 15) is 9.59 Å². The van der Waals surface area contributed by atoms with Crippen LogP contribution in [0.5, 0.6) is 0 Å². The third-order valence-corrected chi connectivity index (χ3v) is 5.82. The molecule has 0 N–H and O–H groups in total. The summed E-state index contributed by atoms with van der Waals surface area (Å²) in [6.45, 7) is 3.95. The highest BCUT2D eigenvalue weighted by Crippen LogP contribution is 2.34. The summed E-state index contributed by atoms with van der Waals surface area (Å²) in [6, 6.07) is 14.0. The van der Waals surface area contributed by atoms with Gasteiger partial charge in [0.05, 0.1) is 11.4 Å². The maximum Gasteiger partial charge on any atom is 0.259 e. The minimum Gasteiger partial charge on any atom is -0.293 e. The lowest BCUT2D eigenvalue weighted by Gasteiger charge is -2.25. The number of thioether (sulfide) groups is 1. The van der Waals surface area contributed by atoms with E-state index in [1.54, 1.807) is 29.2 Å². The number of nitrogens with zero attached hydrogens (tertiary/aromatic N) is 3. The Kier molecular flexibility index (Phi) is 5.08. The summed E-state index contributed by atoms with van der Waals surface area (Å²) in [5.74, 6) is 0.736. The first-order valence-corrected chi connectivity index (χ1v) is 10.3. The van der Waals surface area contributed by atoms with Crippen LogP contribution in [0.4, 0.5) is 5.69 Å². The van der Waals surface area contributed by atoms with Crippen molar-refractivity contribution in [2.24, 2.45) is 15.9 Å². The van der Waals surface area contributed by atoms with Gasteiger partial charge in [-0.3, -0.25) is 14.6 Å². The lowest BCUT2D eigenvalue weighted by Crippen LogP contribution is -2.42. The van der Waals surface area contributed by atoms with Crippen LogP contribution in [0.1, 0.15) is 29.8 Å². The molecule has 142 valence electrons. The third-order valence-electron chi connectivity index (χ3n) is 4.63. The Morgan fingerprint density at radius 1 is 1.18 bits per heavy atom. The molecule has 0 bridgehead atoms. The number of halogens is 1. The summed E-state index contributed by atoms with van der Waals surface area (Å²) in [4.78, 5) is 36.4. The van der Waals surface area contributed by atoms with Crippen molar-refractivity contribution in [3.8, 4) is 0 Å². The number of carbonyl (C=O) groups is 2. The van der Waals surface area contributed by atoms with E-state index in [0.29, 0.717) is 21.6 Å². The Labute approximate surface area is 172 Å². The number of ketones is 1. The summed E-state index contributed by atoms with van der Waals surface area (Å²) >= 11 is 7.14. The fourth-order valence-electron chi connectivity index (χ4n) is 3.15. The molecule has 0 aromatic heterocycles. The van der Waals surface area contributed by atoms with Gasteiger partial charge in [-0.15, -0.1) is 0 Å². The van der Waals surface area contributed by atoms with E-state index < -0.39 is 6.04 Å². The van der Waals surface area contributed by atoms with Crippen LogP contribution in [0.3, 0.4) is 0 Å². The van der Waals surface area contributed by atoms with Crippen LogP contribution in [-0.4, -0.2) is 39.4 Å². The molecule has 7 heteroatoms. The molecular weight excluding hydrogens is 394 g/mol. The van der Waals surface area contributed by atoms with Gasteiger partial charge in [-0.2, -0.15) is 0 Å². The number of carbonyl (C=O) groups excluding carboxylic acids is 2. The van der Waals surface area contributed by atoms with Crippen LogP contribution in [-0.2, 0) is 4.79 Å². The minimum atomic E-state index is -0.432. The summed E-state index contributed by atoms with van der Waals surface area (Å²) in [5, 5.41) is 1.08. The lowest BCUT2D eigenvalue weighted by atomic mass is 10.1. The molecule has 0 spiro atoms. The molecule has 2 heterocycles. The van der Waals surface area contributed by atoms with Gasteiger partial charge in [-0.1, -0.05) is 49.3 Å². The van der Waals surface area contributed by atoms with E-state index in [4.69, 9.17) is 11.6 Å². The molecule has 0 radical (unpaired) electrons. The summed E-state index contributed by atoms with van der Waals surface area (Å²) in [5.41, 5.74) is 2.18. The molecule has 4 rings (SSSR count). The maximum absolute atomic E-state index is 13.0. The van der Waals surface area contributed by atoms with Crippen molar-refractivity contribution in [2.75, 3.05) is 5.75 Å². The fraction of sp³-hybridized carbons (Fsp3) is 0.238. The first kappa shape index (κ1) is 18.9. The van der Waals surface area contributed by atoms with Crippen molar-refractivity contribution in [1.29, 1.82) is 0 Å². The van der Waals surface area contributed by atoms with Gasteiger partial charge in [0.15, 0.2) is 11.0 Å². The molecule has 5 nitrogen and oxygen atoms in total. The largest absolute Gasteiger partial charge is 0.293 e. The summed E-state index contributed by atoms with van der Waals surface area (Å²) in [6.07, 6.45) is 0. The predicted molar refractivity (Wildman–Crippen MR) is 114 cm³/mol. The molecule has 1 atom stereocenters. The first-order valence-electron chi connectivity index (χ1n) is 8.97. The van der Waals surface area contributed by atoms with E-state index in [0.717, 1.165) is 11.3 Å². The normalized spacial score (nSPS) is 17.9. The van der Waals surface area contributed by atoms with E-state index in [1.807, 2.05) is 38.1 Å². The van der Waals surface area contributed by atoms with Crippen LogP contribution < -0.4 is 0 Å². The van der Waals surface area contributed by atoms with E-state index in [1.165, 1.54) is 11.8 Å². The average Bonchev–Trinajstić information content (AvgIpc) is 3.04. The van der Waals surface area contributed by atoms with Gasteiger partial charge >= 0.3 is 0 Å². The van der Waals surface area contributed by atoms with Gasteiger partial charge in [-0.05, 0) is 42.3 Å². The fourth-order valence-corrected chi connectivity index (χ4v) is 4.17. The van der Waals surface area contributed by atoms with Crippen molar-refractivity contribution in [2.45, 2.75) is 19.9 Å². The minimum absolute atomic E-state index is 0.0474. The quantitative estimate of drug-likeness (QED) is 0.692. The molecule has 1 amide bonds. The van der Waals surface area contributed by atoms with Gasteiger partial charge in [0.1, 0.15) is 11.9 Å². The molecule has 2 aromatic rings. The topological polar surface area (TPSA) is 62.1 Å². The standard InChI is InChI=1S/C21H18ClN3O2S/c1-12(2)18-20(27)25-19(24-18)15-5-3-4-6-16(15)23-21(25)28-11-17(26)13-7-9-14(22)10-8-13/h3-10,12,18H,11H2,1-2H3/t18-/m1/s1. The smallest absolute Gasteiger partial charge is 0.259 e. The SMILES string of the molecule is CC(C)[C@H]1N=C2c3ccccc3N=C(SCC(=O)c3ccc(Cl)cc3)N2C1=O. The molecule has 2 aliphatic heterocycles. The van der Waals surface area contributed by atoms with Gasteiger partial charge in [0.2, 0.25) is 0 Å². The molecule has 0 unspecified atom stereocenters. The van der Waals surface area contributed by atoms with E-state index in [-0.39, 0.29) is 23.4 Å². The highest BCUT2D eigenvalue weighted by molar-refractivity contribution is 8.14. The van der Waals surface area contributed by atoms with Crippen molar-refractivity contribution in [3.63, 3.8) is 0 Å².